The minimum atomic E-state index is -0.633. The molecule has 1 aliphatic heterocycles. The van der Waals surface area contributed by atoms with E-state index in [-0.39, 0.29) is 32.8 Å². The molecule has 0 radical (unpaired) electrons. The van der Waals surface area contributed by atoms with E-state index in [0.717, 1.165) is 5.56 Å². The summed E-state index contributed by atoms with van der Waals surface area (Å²) in [5.41, 5.74) is 7.18. The molecule has 2 amide bonds. The Hall–Kier alpha value is -3.37. The molecule has 1 fully saturated rings. The second-order valence-corrected chi connectivity index (χ2v) is 7.20. The summed E-state index contributed by atoms with van der Waals surface area (Å²) in [4.78, 5) is 26.8. The number of carbonyl (C=O) groups is 2. The first-order valence-electron chi connectivity index (χ1n) is 10.3. The van der Waals surface area contributed by atoms with Crippen LogP contribution in [0.25, 0.3) is 0 Å². The Kier molecular flexibility index (Phi) is 8.23. The van der Waals surface area contributed by atoms with Crippen LogP contribution in [0.5, 0.6) is 0 Å². The van der Waals surface area contributed by atoms with Gasteiger partial charge in [0.1, 0.15) is 18.5 Å². The summed E-state index contributed by atoms with van der Waals surface area (Å²) in [6.45, 7) is 1.21. The minimum Gasteiger partial charge on any atom is -0.445 e. The van der Waals surface area contributed by atoms with Gasteiger partial charge < -0.3 is 30.5 Å². The third kappa shape index (κ3) is 6.08. The highest BCUT2D eigenvalue weighted by molar-refractivity contribution is 5.90. The molecule has 3 rings (SSSR count). The predicted molar refractivity (Wildman–Crippen MR) is 117 cm³/mol. The molecule has 0 saturated carbocycles. The van der Waals surface area contributed by atoms with Crippen LogP contribution in [0.4, 0.5) is 25.4 Å². The average molecular weight is 446 g/mol. The Balaban J connectivity index is 1.55. The van der Waals surface area contributed by atoms with Gasteiger partial charge in [-0.3, -0.25) is 4.90 Å². The van der Waals surface area contributed by atoms with Gasteiger partial charge in [-0.25, -0.2) is 14.0 Å². The molecular weight excluding hydrogens is 419 g/mol. The number of nitrogens with two attached hydrogens (primary N) is 1. The van der Waals surface area contributed by atoms with E-state index in [1.165, 1.54) is 11.0 Å². The molecule has 1 heterocycles. The number of nitrogens with zero attached hydrogens (tertiary/aromatic N) is 2. The second kappa shape index (κ2) is 11.3. The van der Waals surface area contributed by atoms with E-state index in [1.807, 2.05) is 30.3 Å². The number of alkyl carbamates (subject to hydrolysis) is 1. The Bertz CT molecular complexity index is 914. The van der Waals surface area contributed by atoms with E-state index in [1.54, 1.807) is 17.0 Å². The van der Waals surface area contributed by atoms with Crippen molar-refractivity contribution in [2.24, 2.45) is 5.73 Å². The Morgan fingerprint density at radius 3 is 2.72 bits per heavy atom. The molecule has 0 spiro atoms. The molecule has 4 N–H and O–H groups in total. The quantitative estimate of drug-likeness (QED) is 0.510. The molecule has 1 aliphatic rings. The molecule has 32 heavy (non-hydrogen) atoms. The highest BCUT2D eigenvalue weighted by Gasteiger charge is 2.32. The van der Waals surface area contributed by atoms with Gasteiger partial charge in [0.15, 0.2) is 0 Å². The van der Waals surface area contributed by atoms with Gasteiger partial charge in [-0.2, -0.15) is 0 Å². The van der Waals surface area contributed by atoms with Gasteiger partial charge in [0.05, 0.1) is 24.5 Å². The lowest BCUT2D eigenvalue weighted by molar-refractivity contribution is 0.0963. The normalized spacial score (nSPS) is 15.4. The molecule has 0 aromatic heterocycles. The second-order valence-electron chi connectivity index (χ2n) is 7.20. The molecule has 0 bridgehead atoms. The third-order valence-corrected chi connectivity index (χ3v) is 4.92. The number of rotatable bonds is 10. The summed E-state index contributed by atoms with van der Waals surface area (Å²) in [7, 11) is 0. The van der Waals surface area contributed by atoms with Crippen LogP contribution >= 0.6 is 0 Å². The fourth-order valence-electron chi connectivity index (χ4n) is 3.32. The van der Waals surface area contributed by atoms with Crippen molar-refractivity contribution >= 4 is 23.6 Å². The van der Waals surface area contributed by atoms with Crippen LogP contribution in [-0.2, 0) is 16.1 Å². The van der Waals surface area contributed by atoms with Crippen molar-refractivity contribution in [3.05, 3.63) is 59.9 Å². The standard InChI is InChI=1S/C22H27FN4O5/c23-19-12-17(27-13-18(14-28)32-22(27)30)6-7-20(19)26(10-8-24)11-9-25-21(29)31-15-16-4-2-1-3-5-16/h1-7,12,18,28H,8-11,13-15,24H2,(H,25,29)/t18-/m1/s1. The Morgan fingerprint density at radius 1 is 1.28 bits per heavy atom. The van der Waals surface area contributed by atoms with Crippen molar-refractivity contribution in [3.63, 3.8) is 0 Å². The molecule has 2 aromatic carbocycles. The van der Waals surface area contributed by atoms with Gasteiger partial charge >= 0.3 is 12.2 Å². The van der Waals surface area contributed by atoms with Gasteiger partial charge in [-0.05, 0) is 23.8 Å². The maximum absolute atomic E-state index is 14.9. The summed E-state index contributed by atoms with van der Waals surface area (Å²) in [5, 5.41) is 11.8. The van der Waals surface area contributed by atoms with Crippen molar-refractivity contribution in [2.75, 3.05) is 49.1 Å². The van der Waals surface area contributed by atoms with Crippen LogP contribution < -0.4 is 20.9 Å². The summed E-state index contributed by atoms with van der Waals surface area (Å²) in [6.07, 6.45) is -1.83. The van der Waals surface area contributed by atoms with E-state index in [0.29, 0.717) is 24.5 Å². The van der Waals surface area contributed by atoms with E-state index in [4.69, 9.17) is 20.3 Å². The number of hydrogen-bond acceptors (Lipinski definition) is 7. The first kappa shape index (κ1) is 23.3. The zero-order chi connectivity index (χ0) is 22.9. The van der Waals surface area contributed by atoms with Gasteiger partial charge in [0.2, 0.25) is 0 Å². The number of benzene rings is 2. The van der Waals surface area contributed by atoms with Crippen molar-refractivity contribution in [2.45, 2.75) is 12.7 Å². The number of cyclic esters (lactones) is 1. The van der Waals surface area contributed by atoms with Crippen LogP contribution in [0.1, 0.15) is 5.56 Å². The number of amides is 2. The lowest BCUT2D eigenvalue weighted by Crippen LogP contribution is -2.38. The number of nitrogens with one attached hydrogen (secondary N) is 1. The summed E-state index contributed by atoms with van der Waals surface area (Å²) >= 11 is 0. The SMILES string of the molecule is NCCN(CCNC(=O)OCc1ccccc1)c1ccc(N2C[C@H](CO)OC2=O)cc1F. The number of aliphatic hydroxyl groups is 1. The molecule has 1 atom stereocenters. The van der Waals surface area contributed by atoms with Crippen LogP contribution in [-0.4, -0.2) is 62.7 Å². The van der Waals surface area contributed by atoms with Crippen molar-refractivity contribution in [1.82, 2.24) is 5.32 Å². The highest BCUT2D eigenvalue weighted by atomic mass is 19.1. The van der Waals surface area contributed by atoms with Crippen LogP contribution in [0.3, 0.4) is 0 Å². The maximum atomic E-state index is 14.9. The Morgan fingerprint density at radius 2 is 2.06 bits per heavy atom. The number of carbonyl (C=O) groups excluding carboxylic acids is 2. The molecule has 172 valence electrons. The lowest BCUT2D eigenvalue weighted by atomic mass is 10.2. The first-order valence-corrected chi connectivity index (χ1v) is 10.3. The van der Waals surface area contributed by atoms with Gasteiger partial charge in [-0.1, -0.05) is 30.3 Å². The van der Waals surface area contributed by atoms with Gasteiger partial charge in [0, 0.05) is 26.2 Å². The molecular formula is C22H27FN4O5. The number of ether oxygens (including phenoxy) is 2. The molecule has 2 aromatic rings. The molecule has 10 heteroatoms. The van der Waals surface area contributed by atoms with Crippen molar-refractivity contribution in [1.29, 1.82) is 0 Å². The topological polar surface area (TPSA) is 117 Å². The average Bonchev–Trinajstić information content (AvgIpc) is 3.18. The Labute approximate surface area is 185 Å². The zero-order valence-electron chi connectivity index (χ0n) is 17.6. The molecule has 0 aliphatic carbocycles. The van der Waals surface area contributed by atoms with Crippen LogP contribution in [0.2, 0.25) is 0 Å². The summed E-state index contributed by atoms with van der Waals surface area (Å²) in [6, 6.07) is 13.7. The molecule has 9 nitrogen and oxygen atoms in total. The van der Waals surface area contributed by atoms with Crippen molar-refractivity contribution in [3.8, 4) is 0 Å². The van der Waals surface area contributed by atoms with Crippen LogP contribution in [0, 0.1) is 5.82 Å². The first-order chi connectivity index (χ1) is 15.5. The minimum absolute atomic E-state index is 0.148. The predicted octanol–water partition coefficient (Wildman–Crippen LogP) is 1.83. The number of halogens is 1. The highest BCUT2D eigenvalue weighted by Crippen LogP contribution is 2.27. The molecule has 0 unspecified atom stereocenters. The van der Waals surface area contributed by atoms with Crippen LogP contribution in [0.15, 0.2) is 48.5 Å². The van der Waals surface area contributed by atoms with Gasteiger partial charge in [-0.15, -0.1) is 0 Å². The van der Waals surface area contributed by atoms with E-state index in [9.17, 15) is 14.0 Å². The van der Waals surface area contributed by atoms with E-state index < -0.39 is 24.1 Å². The summed E-state index contributed by atoms with van der Waals surface area (Å²) in [5.74, 6) is -0.539. The fraction of sp³-hybridized carbons (Fsp3) is 0.364. The number of hydrogen-bond donors (Lipinski definition) is 3. The monoisotopic (exact) mass is 446 g/mol. The maximum Gasteiger partial charge on any atom is 0.414 e. The summed E-state index contributed by atoms with van der Waals surface area (Å²) < 4.78 is 25.0. The largest absolute Gasteiger partial charge is 0.445 e. The van der Waals surface area contributed by atoms with E-state index in [2.05, 4.69) is 5.32 Å². The third-order valence-electron chi connectivity index (χ3n) is 4.92. The van der Waals surface area contributed by atoms with Gasteiger partial charge in [0.25, 0.3) is 0 Å². The molecule has 1 saturated heterocycles. The number of anilines is 2. The lowest BCUT2D eigenvalue weighted by Gasteiger charge is -2.25. The zero-order valence-corrected chi connectivity index (χ0v) is 17.6. The smallest absolute Gasteiger partial charge is 0.414 e. The fourth-order valence-corrected chi connectivity index (χ4v) is 3.32. The van der Waals surface area contributed by atoms with Crippen molar-refractivity contribution < 1.29 is 28.6 Å². The number of aliphatic hydroxyl groups excluding tert-OH is 1. The van der Waals surface area contributed by atoms with E-state index >= 15 is 0 Å².